The number of hydrogen-bond donors (Lipinski definition) is 1. The highest BCUT2D eigenvalue weighted by molar-refractivity contribution is 7.80. The molecule has 1 saturated heterocycles. The van der Waals surface area contributed by atoms with E-state index in [-0.39, 0.29) is 10.7 Å². The second-order valence-corrected chi connectivity index (χ2v) is 5.79. The summed E-state index contributed by atoms with van der Waals surface area (Å²) in [4.78, 5) is 37.8. The van der Waals surface area contributed by atoms with Gasteiger partial charge >= 0.3 is 5.97 Å². The van der Waals surface area contributed by atoms with Crippen molar-refractivity contribution in [3.8, 4) is 0 Å². The number of carbonyl (C=O) groups excluding carboxylic acids is 3. The van der Waals surface area contributed by atoms with Crippen LogP contribution in [-0.4, -0.2) is 30.0 Å². The van der Waals surface area contributed by atoms with E-state index in [0.717, 1.165) is 0 Å². The molecule has 3 rings (SSSR count). The number of methoxy groups -OCH3 is 1. The highest BCUT2D eigenvalue weighted by atomic mass is 32.1. The molecule has 1 N–H and O–H groups in total. The lowest BCUT2D eigenvalue weighted by atomic mass is 10.1. The van der Waals surface area contributed by atoms with E-state index in [1.807, 2.05) is 6.07 Å². The first-order valence-electron chi connectivity index (χ1n) is 7.66. The average Bonchev–Trinajstić information content (AvgIpc) is 2.65. The summed E-state index contributed by atoms with van der Waals surface area (Å²) in [6, 6.07) is 15.2. The van der Waals surface area contributed by atoms with Crippen molar-refractivity contribution in [2.75, 3.05) is 12.0 Å². The van der Waals surface area contributed by atoms with E-state index < -0.39 is 17.8 Å². The van der Waals surface area contributed by atoms with Gasteiger partial charge in [-0.2, -0.15) is 0 Å². The van der Waals surface area contributed by atoms with Gasteiger partial charge in [0, 0.05) is 0 Å². The van der Waals surface area contributed by atoms with E-state index in [4.69, 9.17) is 12.2 Å². The van der Waals surface area contributed by atoms with Crippen molar-refractivity contribution < 1.29 is 19.1 Å². The summed E-state index contributed by atoms with van der Waals surface area (Å²) in [7, 11) is 1.30. The summed E-state index contributed by atoms with van der Waals surface area (Å²) in [5, 5.41) is 2.55. The predicted molar refractivity (Wildman–Crippen MR) is 100 cm³/mol. The van der Waals surface area contributed by atoms with Crippen LogP contribution in [0.2, 0.25) is 0 Å². The summed E-state index contributed by atoms with van der Waals surface area (Å²) in [6.45, 7) is 0. The molecule has 0 atom stereocenters. The van der Waals surface area contributed by atoms with Crippen LogP contribution >= 0.6 is 12.2 Å². The zero-order valence-corrected chi connectivity index (χ0v) is 14.6. The second-order valence-electron chi connectivity index (χ2n) is 5.41. The van der Waals surface area contributed by atoms with Gasteiger partial charge in [-0.1, -0.05) is 30.3 Å². The molecule has 26 heavy (non-hydrogen) atoms. The van der Waals surface area contributed by atoms with Gasteiger partial charge in [-0.15, -0.1) is 0 Å². The van der Waals surface area contributed by atoms with Crippen molar-refractivity contribution in [2.45, 2.75) is 0 Å². The third-order valence-electron chi connectivity index (χ3n) is 3.76. The molecule has 7 heteroatoms. The number of thiocarbonyl (C=S) groups is 1. The number of nitrogens with one attached hydrogen (secondary N) is 1. The first-order valence-corrected chi connectivity index (χ1v) is 8.07. The van der Waals surface area contributed by atoms with Gasteiger partial charge in [0.2, 0.25) is 0 Å². The Balaban J connectivity index is 1.94. The summed E-state index contributed by atoms with van der Waals surface area (Å²) in [5.41, 5.74) is 1.49. The fourth-order valence-corrected chi connectivity index (χ4v) is 2.75. The topological polar surface area (TPSA) is 75.7 Å². The third kappa shape index (κ3) is 3.38. The SMILES string of the molecule is COC(=O)c1ccc(C=C2C(=O)NC(=S)N(c3ccccc3)C2=O)cc1. The number of esters is 1. The Bertz CT molecular complexity index is 920. The van der Waals surface area contributed by atoms with Gasteiger partial charge in [-0.3, -0.25) is 19.8 Å². The lowest BCUT2D eigenvalue weighted by Crippen LogP contribution is -2.54. The highest BCUT2D eigenvalue weighted by Gasteiger charge is 2.34. The number of ether oxygens (including phenoxy) is 1. The molecule has 0 unspecified atom stereocenters. The van der Waals surface area contributed by atoms with Gasteiger partial charge in [0.25, 0.3) is 11.8 Å². The minimum absolute atomic E-state index is 0.0318. The Hall–Kier alpha value is -3.32. The zero-order chi connectivity index (χ0) is 18.7. The first kappa shape index (κ1) is 17.5. The number of amides is 2. The maximum absolute atomic E-state index is 12.8. The van der Waals surface area contributed by atoms with Gasteiger partial charge in [-0.05, 0) is 48.1 Å². The lowest BCUT2D eigenvalue weighted by Gasteiger charge is -2.28. The Kier molecular flexibility index (Phi) is 4.90. The predicted octanol–water partition coefficient (Wildman–Crippen LogP) is 2.30. The van der Waals surface area contributed by atoms with E-state index >= 15 is 0 Å². The van der Waals surface area contributed by atoms with Crippen LogP contribution in [0.1, 0.15) is 15.9 Å². The molecule has 0 bridgehead atoms. The normalized spacial score (nSPS) is 15.8. The number of nitrogens with zero attached hydrogens (tertiary/aromatic N) is 1. The van der Waals surface area contributed by atoms with Crippen molar-refractivity contribution >= 4 is 46.9 Å². The van der Waals surface area contributed by atoms with Crippen molar-refractivity contribution in [1.29, 1.82) is 0 Å². The Morgan fingerprint density at radius 3 is 2.35 bits per heavy atom. The van der Waals surface area contributed by atoms with Crippen molar-refractivity contribution in [3.05, 3.63) is 71.3 Å². The quantitative estimate of drug-likeness (QED) is 0.390. The van der Waals surface area contributed by atoms with Gasteiger partial charge in [0.15, 0.2) is 5.11 Å². The maximum Gasteiger partial charge on any atom is 0.337 e. The largest absolute Gasteiger partial charge is 0.465 e. The number of rotatable bonds is 3. The van der Waals surface area contributed by atoms with Crippen LogP contribution in [0.15, 0.2) is 60.2 Å². The Labute approximate surface area is 155 Å². The summed E-state index contributed by atoms with van der Waals surface area (Å²) in [6.07, 6.45) is 1.45. The van der Waals surface area contributed by atoms with Gasteiger partial charge < -0.3 is 4.74 Å². The van der Waals surface area contributed by atoms with Gasteiger partial charge in [-0.25, -0.2) is 4.79 Å². The fourth-order valence-electron chi connectivity index (χ4n) is 2.47. The summed E-state index contributed by atoms with van der Waals surface area (Å²) >= 11 is 5.13. The van der Waals surface area contributed by atoms with Crippen LogP contribution in [0, 0.1) is 0 Å². The third-order valence-corrected chi connectivity index (χ3v) is 4.04. The van der Waals surface area contributed by atoms with E-state index in [2.05, 4.69) is 10.1 Å². The molecule has 1 aliphatic rings. The summed E-state index contributed by atoms with van der Waals surface area (Å²) in [5.74, 6) is -1.54. The molecule has 0 spiro atoms. The molecule has 1 fully saturated rings. The van der Waals surface area contributed by atoms with Crippen LogP contribution in [0.25, 0.3) is 6.08 Å². The monoisotopic (exact) mass is 366 g/mol. The molecule has 6 nitrogen and oxygen atoms in total. The molecule has 0 aliphatic carbocycles. The molecule has 2 aromatic carbocycles. The average molecular weight is 366 g/mol. The van der Waals surface area contributed by atoms with Crippen LogP contribution in [-0.2, 0) is 14.3 Å². The molecule has 0 saturated carbocycles. The van der Waals surface area contributed by atoms with Gasteiger partial charge in [0.05, 0.1) is 18.4 Å². The molecule has 1 aliphatic heterocycles. The van der Waals surface area contributed by atoms with E-state index in [9.17, 15) is 14.4 Å². The number of hydrogen-bond acceptors (Lipinski definition) is 5. The molecule has 0 radical (unpaired) electrons. The fraction of sp³-hybridized carbons (Fsp3) is 0.0526. The number of anilines is 1. The molecule has 130 valence electrons. The second kappa shape index (κ2) is 7.28. The highest BCUT2D eigenvalue weighted by Crippen LogP contribution is 2.21. The molecular weight excluding hydrogens is 352 g/mol. The first-order chi connectivity index (χ1) is 12.5. The minimum Gasteiger partial charge on any atom is -0.465 e. The summed E-state index contributed by atoms with van der Waals surface area (Å²) < 4.78 is 4.64. The number of para-hydroxylation sites is 1. The Morgan fingerprint density at radius 1 is 1.08 bits per heavy atom. The smallest absolute Gasteiger partial charge is 0.337 e. The molecule has 0 aromatic heterocycles. The van der Waals surface area contributed by atoms with E-state index in [1.165, 1.54) is 18.1 Å². The van der Waals surface area contributed by atoms with Crippen LogP contribution in [0.5, 0.6) is 0 Å². The number of carbonyl (C=O) groups is 3. The van der Waals surface area contributed by atoms with E-state index in [1.54, 1.807) is 48.5 Å². The molecule has 2 aromatic rings. The lowest BCUT2D eigenvalue weighted by molar-refractivity contribution is -0.122. The van der Waals surface area contributed by atoms with Crippen molar-refractivity contribution in [2.24, 2.45) is 0 Å². The van der Waals surface area contributed by atoms with Gasteiger partial charge in [0.1, 0.15) is 5.57 Å². The zero-order valence-electron chi connectivity index (χ0n) is 13.8. The van der Waals surface area contributed by atoms with E-state index in [0.29, 0.717) is 16.8 Å². The maximum atomic E-state index is 12.8. The van der Waals surface area contributed by atoms with Crippen LogP contribution in [0.4, 0.5) is 5.69 Å². The molecule has 1 heterocycles. The van der Waals surface area contributed by atoms with Crippen molar-refractivity contribution in [3.63, 3.8) is 0 Å². The van der Waals surface area contributed by atoms with Crippen LogP contribution < -0.4 is 10.2 Å². The minimum atomic E-state index is -0.566. The van der Waals surface area contributed by atoms with Crippen molar-refractivity contribution in [1.82, 2.24) is 5.32 Å². The number of benzene rings is 2. The molecule has 2 amide bonds. The standard InChI is InChI=1S/C19H14N2O4S/c1-25-18(24)13-9-7-12(8-10-13)11-15-16(22)20-19(26)21(17(15)23)14-5-3-2-4-6-14/h2-11H,1H3,(H,20,22,26). The molecular formula is C19H14N2O4S. The van der Waals surface area contributed by atoms with Crippen LogP contribution in [0.3, 0.4) is 0 Å². The Morgan fingerprint density at radius 2 is 1.73 bits per heavy atom.